The van der Waals surface area contributed by atoms with Gasteiger partial charge in [0.2, 0.25) is 5.91 Å². The van der Waals surface area contributed by atoms with Gasteiger partial charge < -0.3 is 20.0 Å². The van der Waals surface area contributed by atoms with Gasteiger partial charge in [-0.1, -0.05) is 19.1 Å². The Bertz CT molecular complexity index is 507. The van der Waals surface area contributed by atoms with Crippen molar-refractivity contribution >= 4 is 11.6 Å². The lowest BCUT2D eigenvalue weighted by molar-refractivity contribution is -1.02. The zero-order chi connectivity index (χ0) is 17.5. The van der Waals surface area contributed by atoms with Gasteiger partial charge in [0.05, 0.1) is 13.6 Å². The minimum absolute atomic E-state index is 0.173. The van der Waals surface area contributed by atoms with E-state index in [9.17, 15) is 4.79 Å². The van der Waals surface area contributed by atoms with Crippen molar-refractivity contribution < 1.29 is 14.6 Å². The van der Waals surface area contributed by atoms with E-state index in [-0.39, 0.29) is 5.91 Å². The van der Waals surface area contributed by atoms with Gasteiger partial charge in [0, 0.05) is 31.8 Å². The van der Waals surface area contributed by atoms with Crippen LogP contribution in [-0.2, 0) is 4.79 Å². The Morgan fingerprint density at radius 1 is 1.17 bits per heavy atom. The second-order valence-corrected chi connectivity index (χ2v) is 7.21. The molecule has 0 radical (unpaired) electrons. The number of quaternary nitrogens is 2. The average Bonchev–Trinajstić information content (AvgIpc) is 2.57. The van der Waals surface area contributed by atoms with Gasteiger partial charge in [-0.2, -0.15) is 0 Å². The van der Waals surface area contributed by atoms with Gasteiger partial charge in [0.25, 0.3) is 0 Å². The molecule has 134 valence electrons. The van der Waals surface area contributed by atoms with Gasteiger partial charge in [0.15, 0.2) is 0 Å². The summed E-state index contributed by atoms with van der Waals surface area (Å²) in [4.78, 5) is 17.2. The quantitative estimate of drug-likeness (QED) is 0.606. The van der Waals surface area contributed by atoms with Crippen molar-refractivity contribution in [3.05, 3.63) is 29.8 Å². The van der Waals surface area contributed by atoms with Crippen LogP contribution in [0.1, 0.15) is 31.4 Å². The standard InChI is InChI=1S/C19H32N4O/c1-5-6-19(24)20-15-18(23-13-11-22(4)12-14-23)16-7-9-17(10-8-16)21(2)3/h7-10,18H,5-6,11-15H2,1-4H3,(H,20,24)/p+2/t18-/m1/s1. The second kappa shape index (κ2) is 9.04. The summed E-state index contributed by atoms with van der Waals surface area (Å²) in [6.07, 6.45) is 1.52. The Morgan fingerprint density at radius 2 is 1.79 bits per heavy atom. The maximum atomic E-state index is 11.9. The number of rotatable bonds is 7. The van der Waals surface area contributed by atoms with Gasteiger partial charge in [0.1, 0.15) is 32.2 Å². The lowest BCUT2D eigenvalue weighted by Gasteiger charge is -2.33. The Kier molecular flexibility index (Phi) is 7.06. The fourth-order valence-corrected chi connectivity index (χ4v) is 3.38. The lowest BCUT2D eigenvalue weighted by Crippen LogP contribution is -3.27. The summed E-state index contributed by atoms with van der Waals surface area (Å²) in [6.45, 7) is 7.50. The number of nitrogens with one attached hydrogen (secondary N) is 3. The molecular formula is C19H34N4O+2. The van der Waals surface area contributed by atoms with Crippen molar-refractivity contribution in [1.82, 2.24) is 5.32 Å². The molecule has 0 saturated carbocycles. The number of hydrogen-bond donors (Lipinski definition) is 3. The van der Waals surface area contributed by atoms with Crippen molar-refractivity contribution in [2.75, 3.05) is 58.8 Å². The molecule has 1 aromatic rings. The summed E-state index contributed by atoms with van der Waals surface area (Å²) < 4.78 is 0. The van der Waals surface area contributed by atoms with Crippen molar-refractivity contribution in [1.29, 1.82) is 0 Å². The zero-order valence-electron chi connectivity index (χ0n) is 15.7. The molecule has 0 aromatic heterocycles. The maximum absolute atomic E-state index is 11.9. The number of hydrogen-bond acceptors (Lipinski definition) is 2. The first kappa shape index (κ1) is 18.7. The molecule has 1 atom stereocenters. The molecule has 5 nitrogen and oxygen atoms in total. The number of benzene rings is 1. The lowest BCUT2D eigenvalue weighted by atomic mass is 10.0. The Balaban J connectivity index is 2.10. The number of anilines is 1. The van der Waals surface area contributed by atoms with Gasteiger partial charge >= 0.3 is 0 Å². The third-order valence-corrected chi connectivity index (χ3v) is 5.03. The fraction of sp³-hybridized carbons (Fsp3) is 0.632. The van der Waals surface area contributed by atoms with E-state index in [0.29, 0.717) is 12.5 Å². The molecule has 5 heteroatoms. The highest BCUT2D eigenvalue weighted by Crippen LogP contribution is 2.16. The average molecular weight is 335 g/mol. The third-order valence-electron chi connectivity index (χ3n) is 5.03. The molecule has 1 saturated heterocycles. The summed E-state index contributed by atoms with van der Waals surface area (Å²) in [6, 6.07) is 9.15. The van der Waals surface area contributed by atoms with E-state index in [4.69, 9.17) is 0 Å². The van der Waals surface area contributed by atoms with Gasteiger partial charge in [-0.15, -0.1) is 0 Å². The Labute approximate surface area is 146 Å². The van der Waals surface area contributed by atoms with Crippen molar-refractivity contribution in [3.63, 3.8) is 0 Å². The summed E-state index contributed by atoms with van der Waals surface area (Å²) >= 11 is 0. The van der Waals surface area contributed by atoms with Crippen LogP contribution in [0.3, 0.4) is 0 Å². The van der Waals surface area contributed by atoms with Gasteiger partial charge in [-0.05, 0) is 18.6 Å². The summed E-state index contributed by atoms with van der Waals surface area (Å²) in [5.74, 6) is 0.173. The van der Waals surface area contributed by atoms with Gasteiger partial charge in [-0.25, -0.2) is 0 Å². The number of nitrogens with zero attached hydrogens (tertiary/aromatic N) is 1. The molecule has 0 aliphatic carbocycles. The van der Waals surface area contributed by atoms with Crippen LogP contribution in [0.2, 0.25) is 0 Å². The number of piperazine rings is 1. The fourth-order valence-electron chi connectivity index (χ4n) is 3.38. The van der Waals surface area contributed by atoms with Crippen molar-refractivity contribution in [2.45, 2.75) is 25.8 Å². The molecule has 0 unspecified atom stereocenters. The van der Waals surface area contributed by atoms with Crippen molar-refractivity contribution in [3.8, 4) is 0 Å². The Morgan fingerprint density at radius 3 is 2.33 bits per heavy atom. The van der Waals surface area contributed by atoms with Crippen LogP contribution in [0.25, 0.3) is 0 Å². The monoisotopic (exact) mass is 334 g/mol. The van der Waals surface area contributed by atoms with E-state index in [1.807, 2.05) is 6.92 Å². The summed E-state index contributed by atoms with van der Waals surface area (Å²) in [5.41, 5.74) is 2.54. The highest BCUT2D eigenvalue weighted by atomic mass is 16.1. The maximum Gasteiger partial charge on any atom is 0.220 e. The van der Waals surface area contributed by atoms with E-state index in [0.717, 1.165) is 26.1 Å². The zero-order valence-corrected chi connectivity index (χ0v) is 15.7. The number of carbonyl (C=O) groups excluding carboxylic acids is 1. The molecule has 1 heterocycles. The molecule has 1 aliphatic rings. The number of amides is 1. The summed E-state index contributed by atoms with van der Waals surface area (Å²) in [5, 5.41) is 3.15. The summed E-state index contributed by atoms with van der Waals surface area (Å²) in [7, 11) is 6.39. The largest absolute Gasteiger partial charge is 0.378 e. The molecule has 1 fully saturated rings. The number of carbonyl (C=O) groups is 1. The third kappa shape index (κ3) is 5.21. The highest BCUT2D eigenvalue weighted by Gasteiger charge is 2.29. The van der Waals surface area contributed by atoms with E-state index >= 15 is 0 Å². The van der Waals surface area contributed by atoms with Crippen LogP contribution < -0.4 is 20.0 Å². The van der Waals surface area contributed by atoms with Crippen molar-refractivity contribution in [2.24, 2.45) is 0 Å². The van der Waals surface area contributed by atoms with Crippen LogP contribution in [-0.4, -0.2) is 59.8 Å². The number of likely N-dealkylation sites (N-methyl/N-ethyl adjacent to an activating group) is 1. The topological polar surface area (TPSA) is 41.2 Å². The highest BCUT2D eigenvalue weighted by molar-refractivity contribution is 5.75. The smallest absolute Gasteiger partial charge is 0.220 e. The van der Waals surface area contributed by atoms with E-state index < -0.39 is 0 Å². The van der Waals surface area contributed by atoms with E-state index in [1.54, 1.807) is 9.80 Å². The first-order chi connectivity index (χ1) is 11.5. The molecular weight excluding hydrogens is 300 g/mol. The SMILES string of the molecule is CCCC(=O)NC[C@H](c1ccc(N(C)C)cc1)[NH+]1CC[NH+](C)CC1. The molecule has 24 heavy (non-hydrogen) atoms. The van der Waals surface area contributed by atoms with E-state index in [2.05, 4.69) is 55.6 Å². The molecule has 1 aromatic carbocycles. The van der Waals surface area contributed by atoms with E-state index in [1.165, 1.54) is 24.3 Å². The first-order valence-corrected chi connectivity index (χ1v) is 9.21. The van der Waals surface area contributed by atoms with Crippen LogP contribution in [0, 0.1) is 0 Å². The predicted octanol–water partition coefficient (Wildman–Crippen LogP) is -0.877. The minimum Gasteiger partial charge on any atom is -0.378 e. The molecule has 1 aliphatic heterocycles. The predicted molar refractivity (Wildman–Crippen MR) is 98.7 cm³/mol. The minimum atomic E-state index is 0.173. The first-order valence-electron chi connectivity index (χ1n) is 9.21. The van der Waals surface area contributed by atoms with Gasteiger partial charge in [-0.3, -0.25) is 4.79 Å². The molecule has 3 N–H and O–H groups in total. The van der Waals surface area contributed by atoms with Crippen LogP contribution in [0.5, 0.6) is 0 Å². The molecule has 1 amide bonds. The van der Waals surface area contributed by atoms with Crippen LogP contribution in [0.15, 0.2) is 24.3 Å². The second-order valence-electron chi connectivity index (χ2n) is 7.21. The van der Waals surface area contributed by atoms with Crippen LogP contribution in [0.4, 0.5) is 5.69 Å². The molecule has 0 spiro atoms. The molecule has 0 bridgehead atoms. The Hall–Kier alpha value is -1.59. The normalized spacial score (nSPS) is 22.0. The van der Waals surface area contributed by atoms with Crippen LogP contribution >= 0.6 is 0 Å². The molecule has 2 rings (SSSR count).